The zero-order valence-electron chi connectivity index (χ0n) is 17.9. The van der Waals surface area contributed by atoms with Crippen LogP contribution in [0.15, 0.2) is 77.7 Å². The van der Waals surface area contributed by atoms with Crippen molar-refractivity contribution in [2.45, 2.75) is 20.5 Å². The van der Waals surface area contributed by atoms with Gasteiger partial charge < -0.3 is 9.47 Å². The van der Waals surface area contributed by atoms with Crippen LogP contribution in [0, 0.1) is 6.92 Å². The Labute approximate surface area is 191 Å². The number of rotatable bonds is 7. The van der Waals surface area contributed by atoms with Gasteiger partial charge in [0.15, 0.2) is 11.5 Å². The van der Waals surface area contributed by atoms with Gasteiger partial charge >= 0.3 is 0 Å². The summed E-state index contributed by atoms with van der Waals surface area (Å²) in [5, 5.41) is -0.310. The van der Waals surface area contributed by atoms with Crippen molar-refractivity contribution in [1.29, 1.82) is 0 Å². The number of anilines is 1. The van der Waals surface area contributed by atoms with Gasteiger partial charge in [0.05, 0.1) is 17.2 Å². The molecule has 0 spiro atoms. The molecule has 0 saturated carbocycles. The van der Waals surface area contributed by atoms with E-state index in [2.05, 4.69) is 0 Å². The summed E-state index contributed by atoms with van der Waals surface area (Å²) in [7, 11) is 0. The molecule has 3 aromatic carbocycles. The fourth-order valence-electron chi connectivity index (χ4n) is 3.27. The summed E-state index contributed by atoms with van der Waals surface area (Å²) < 4.78 is 11.7. The Morgan fingerprint density at radius 2 is 1.66 bits per heavy atom. The number of amides is 2. The summed E-state index contributed by atoms with van der Waals surface area (Å²) in [5.74, 6) is 0.890. The Kier molecular flexibility index (Phi) is 6.61. The van der Waals surface area contributed by atoms with Crippen LogP contribution in [-0.2, 0) is 11.4 Å². The molecule has 2 amide bonds. The predicted molar refractivity (Wildman–Crippen MR) is 128 cm³/mol. The summed E-state index contributed by atoms with van der Waals surface area (Å²) in [6.07, 6.45) is 1.71. The Morgan fingerprint density at radius 1 is 0.906 bits per heavy atom. The summed E-state index contributed by atoms with van der Waals surface area (Å²) in [6, 6.07) is 22.6. The lowest BCUT2D eigenvalue weighted by atomic mass is 10.1. The van der Waals surface area contributed by atoms with Crippen molar-refractivity contribution in [2.24, 2.45) is 0 Å². The number of nitrogens with zero attached hydrogens (tertiary/aromatic N) is 1. The first-order valence-electron chi connectivity index (χ1n) is 10.3. The lowest BCUT2D eigenvalue weighted by molar-refractivity contribution is -0.113. The van der Waals surface area contributed by atoms with Crippen molar-refractivity contribution in [3.05, 3.63) is 94.4 Å². The monoisotopic (exact) mass is 445 g/mol. The van der Waals surface area contributed by atoms with Crippen LogP contribution in [0.3, 0.4) is 0 Å². The number of hydrogen-bond donors (Lipinski definition) is 0. The molecule has 6 heteroatoms. The number of imide groups is 1. The Bertz CT molecular complexity index is 1160. The van der Waals surface area contributed by atoms with Crippen LogP contribution in [0.2, 0.25) is 0 Å². The maximum atomic E-state index is 12.8. The molecule has 32 heavy (non-hydrogen) atoms. The Hall–Kier alpha value is -3.51. The molecule has 0 unspecified atom stereocenters. The van der Waals surface area contributed by atoms with Crippen molar-refractivity contribution >= 4 is 34.7 Å². The minimum Gasteiger partial charge on any atom is -0.490 e. The number of hydrogen-bond acceptors (Lipinski definition) is 5. The maximum absolute atomic E-state index is 12.8. The third-order valence-corrected chi connectivity index (χ3v) is 5.76. The van der Waals surface area contributed by atoms with Gasteiger partial charge in [-0.25, -0.2) is 4.90 Å². The molecule has 0 N–H and O–H groups in total. The minimum atomic E-state index is -0.330. The number of benzene rings is 3. The summed E-state index contributed by atoms with van der Waals surface area (Å²) in [4.78, 5) is 26.8. The van der Waals surface area contributed by atoms with Crippen LogP contribution in [0.25, 0.3) is 6.08 Å². The number of carbonyl (C=O) groups excluding carboxylic acids is 2. The van der Waals surface area contributed by atoms with Gasteiger partial charge in [-0.15, -0.1) is 0 Å². The quantitative estimate of drug-likeness (QED) is 0.405. The van der Waals surface area contributed by atoms with E-state index in [0.29, 0.717) is 35.3 Å². The number of thioether (sulfide) groups is 1. The molecule has 162 valence electrons. The topological polar surface area (TPSA) is 55.8 Å². The second-order valence-electron chi connectivity index (χ2n) is 7.27. The van der Waals surface area contributed by atoms with Crippen LogP contribution in [-0.4, -0.2) is 17.8 Å². The van der Waals surface area contributed by atoms with Crippen LogP contribution in [0.1, 0.15) is 23.6 Å². The first-order chi connectivity index (χ1) is 15.5. The van der Waals surface area contributed by atoms with Crippen LogP contribution >= 0.6 is 11.8 Å². The molecule has 1 aliphatic heterocycles. The van der Waals surface area contributed by atoms with Crippen molar-refractivity contribution in [2.75, 3.05) is 11.5 Å². The van der Waals surface area contributed by atoms with Crippen molar-refractivity contribution in [3.63, 3.8) is 0 Å². The van der Waals surface area contributed by atoms with E-state index < -0.39 is 0 Å². The first-order valence-corrected chi connectivity index (χ1v) is 11.1. The van der Waals surface area contributed by atoms with E-state index in [-0.39, 0.29) is 11.1 Å². The van der Waals surface area contributed by atoms with E-state index in [4.69, 9.17) is 9.47 Å². The Balaban J connectivity index is 1.54. The predicted octanol–water partition coefficient (Wildman–Crippen LogP) is 6.21. The fraction of sp³-hybridized carbons (Fsp3) is 0.154. The molecule has 3 aromatic rings. The second-order valence-corrected chi connectivity index (χ2v) is 8.26. The van der Waals surface area contributed by atoms with Gasteiger partial charge in [-0.2, -0.15) is 0 Å². The van der Waals surface area contributed by atoms with Crippen molar-refractivity contribution in [1.82, 2.24) is 0 Å². The molecule has 0 aromatic heterocycles. The lowest BCUT2D eigenvalue weighted by Crippen LogP contribution is -2.27. The molecule has 0 atom stereocenters. The van der Waals surface area contributed by atoms with Crippen LogP contribution in [0.4, 0.5) is 10.5 Å². The van der Waals surface area contributed by atoms with Gasteiger partial charge in [-0.1, -0.05) is 54.1 Å². The van der Waals surface area contributed by atoms with E-state index in [1.54, 1.807) is 30.3 Å². The highest BCUT2D eigenvalue weighted by atomic mass is 32.2. The van der Waals surface area contributed by atoms with Gasteiger partial charge in [0.2, 0.25) is 0 Å². The highest BCUT2D eigenvalue weighted by molar-refractivity contribution is 8.19. The summed E-state index contributed by atoms with van der Waals surface area (Å²) >= 11 is 0.930. The van der Waals surface area contributed by atoms with E-state index in [1.165, 1.54) is 10.5 Å². The standard InChI is InChI=1S/C26H23NO4S/c1-3-30-23-15-20(13-14-22(23)31-17-19-11-9-18(2)10-12-19)16-24-25(28)27(26(29)32-24)21-7-5-4-6-8-21/h4-16H,3,17H2,1-2H3/b24-16-. The van der Waals surface area contributed by atoms with Gasteiger partial charge in [-0.05, 0) is 67.1 Å². The smallest absolute Gasteiger partial charge is 0.298 e. The summed E-state index contributed by atoms with van der Waals surface area (Å²) in [6.45, 7) is 4.86. The molecule has 0 radical (unpaired) electrons. The van der Waals surface area contributed by atoms with Gasteiger partial charge in [0.25, 0.3) is 11.1 Å². The number of carbonyl (C=O) groups is 2. The molecular formula is C26H23NO4S. The van der Waals surface area contributed by atoms with E-state index in [9.17, 15) is 9.59 Å². The SMILES string of the molecule is CCOc1cc(/C=C2\SC(=O)N(c3ccccc3)C2=O)ccc1OCc1ccc(C)cc1. The first kappa shape index (κ1) is 21.7. The Morgan fingerprint density at radius 3 is 2.38 bits per heavy atom. The fourth-order valence-corrected chi connectivity index (χ4v) is 4.11. The van der Waals surface area contributed by atoms with E-state index in [0.717, 1.165) is 22.9 Å². The highest BCUT2D eigenvalue weighted by Crippen LogP contribution is 2.37. The van der Waals surface area contributed by atoms with Crippen LogP contribution < -0.4 is 14.4 Å². The largest absolute Gasteiger partial charge is 0.490 e. The number of aryl methyl sites for hydroxylation is 1. The van der Waals surface area contributed by atoms with E-state index in [1.807, 2.05) is 62.4 Å². The maximum Gasteiger partial charge on any atom is 0.298 e. The summed E-state index contributed by atoms with van der Waals surface area (Å²) in [5.41, 5.74) is 3.59. The molecule has 0 bridgehead atoms. The minimum absolute atomic E-state index is 0.310. The third kappa shape index (κ3) is 4.86. The molecule has 1 fully saturated rings. The average Bonchev–Trinajstić information content (AvgIpc) is 3.08. The van der Waals surface area contributed by atoms with Gasteiger partial charge in [0, 0.05) is 0 Å². The van der Waals surface area contributed by atoms with E-state index >= 15 is 0 Å². The molecule has 0 aliphatic carbocycles. The molecule has 4 rings (SSSR count). The normalized spacial score (nSPS) is 14.8. The van der Waals surface area contributed by atoms with Crippen LogP contribution in [0.5, 0.6) is 11.5 Å². The van der Waals surface area contributed by atoms with Crippen molar-refractivity contribution < 1.29 is 19.1 Å². The highest BCUT2D eigenvalue weighted by Gasteiger charge is 2.36. The molecule has 5 nitrogen and oxygen atoms in total. The number of para-hydroxylation sites is 1. The zero-order valence-corrected chi connectivity index (χ0v) is 18.7. The van der Waals surface area contributed by atoms with Crippen molar-refractivity contribution in [3.8, 4) is 11.5 Å². The number of ether oxygens (including phenoxy) is 2. The third-order valence-electron chi connectivity index (χ3n) is 4.89. The molecule has 1 saturated heterocycles. The average molecular weight is 446 g/mol. The molecular weight excluding hydrogens is 422 g/mol. The molecule has 1 aliphatic rings. The molecule has 1 heterocycles. The van der Waals surface area contributed by atoms with Gasteiger partial charge in [-0.3, -0.25) is 9.59 Å². The lowest BCUT2D eigenvalue weighted by Gasteiger charge is -2.13. The second kappa shape index (κ2) is 9.75. The zero-order chi connectivity index (χ0) is 22.5. The van der Waals surface area contributed by atoms with Gasteiger partial charge in [0.1, 0.15) is 6.61 Å².